The van der Waals surface area contributed by atoms with Crippen LogP contribution in [0.1, 0.15) is 45.4 Å². The van der Waals surface area contributed by atoms with E-state index >= 15 is 0 Å². The van der Waals surface area contributed by atoms with E-state index in [4.69, 9.17) is 40.6 Å². The maximum Gasteiger partial charge on any atom is 0.278 e. The molecule has 59 heavy (non-hydrogen) atoms. The number of aromatic nitrogens is 6. The number of nitrogens with one attached hydrogen (secondary N) is 1. The van der Waals surface area contributed by atoms with Crippen LogP contribution in [-0.4, -0.2) is 79.7 Å². The van der Waals surface area contributed by atoms with Crippen molar-refractivity contribution in [2.24, 2.45) is 11.7 Å². The first kappa shape index (κ1) is 43.8. The minimum atomic E-state index is -2.97. The van der Waals surface area contributed by atoms with Gasteiger partial charge >= 0.3 is 0 Å². The Bertz CT molecular complexity index is 2680. The number of sulfonamides is 1. The molecule has 0 spiro atoms. The third kappa shape index (κ3) is 10.5. The van der Waals surface area contributed by atoms with Crippen LogP contribution in [0.3, 0.4) is 0 Å². The Kier molecular flexibility index (Phi) is 14.2. The van der Waals surface area contributed by atoms with Crippen LogP contribution in [0.2, 0.25) is 10.0 Å². The molecule has 2 fully saturated rings. The molecule has 1 saturated carbocycles. The summed E-state index contributed by atoms with van der Waals surface area (Å²) in [6, 6.07) is 18.3. The van der Waals surface area contributed by atoms with Gasteiger partial charge in [0.1, 0.15) is 0 Å². The van der Waals surface area contributed by atoms with Crippen molar-refractivity contribution in [3.8, 4) is 22.3 Å². The highest BCUT2D eigenvalue weighted by Crippen LogP contribution is 2.29. The second-order valence-electron chi connectivity index (χ2n) is 14.6. The lowest BCUT2D eigenvalue weighted by Gasteiger charge is -2.27. The average molecular weight is 881 g/mol. The van der Waals surface area contributed by atoms with Crippen LogP contribution in [0.15, 0.2) is 87.8 Å². The predicted molar refractivity (Wildman–Crippen MR) is 239 cm³/mol. The maximum atomic E-state index is 12.8. The van der Waals surface area contributed by atoms with E-state index in [-0.39, 0.29) is 17.2 Å². The summed E-state index contributed by atoms with van der Waals surface area (Å²) >= 11 is 13.8. The van der Waals surface area contributed by atoms with Gasteiger partial charge in [0.2, 0.25) is 16.0 Å². The van der Waals surface area contributed by atoms with E-state index in [9.17, 15) is 18.0 Å². The largest absolute Gasteiger partial charge is 0.351 e. The van der Waals surface area contributed by atoms with Gasteiger partial charge in [-0.15, -0.1) is 0 Å². The Hall–Kier alpha value is -4.78. The van der Waals surface area contributed by atoms with E-state index in [0.717, 1.165) is 41.0 Å². The van der Waals surface area contributed by atoms with Gasteiger partial charge < -0.3 is 22.7 Å². The third-order valence-electron chi connectivity index (χ3n) is 10.4. The number of thioether (sulfide) groups is 1. The molecule has 2 aliphatic rings. The molecule has 0 unspecified atom stereocenters. The minimum Gasteiger partial charge on any atom is -0.351 e. The molecule has 0 amide bonds. The highest BCUT2D eigenvalue weighted by atomic mass is 35.5. The number of nitrogen functional groups attached to an aromatic ring is 2. The first-order chi connectivity index (χ1) is 28.1. The number of hydrogen-bond donors (Lipinski definition) is 4. The molecule has 0 bridgehead atoms. The van der Waals surface area contributed by atoms with Gasteiger partial charge in [-0.25, -0.2) is 37.0 Å². The van der Waals surface area contributed by atoms with Gasteiger partial charge in [0, 0.05) is 69.5 Å². The molecule has 6 aromatic rings. The summed E-state index contributed by atoms with van der Waals surface area (Å²) in [5, 5.41) is 6.31. The number of anilines is 1. The van der Waals surface area contributed by atoms with Crippen molar-refractivity contribution < 1.29 is 8.42 Å². The zero-order valence-corrected chi connectivity index (χ0v) is 36.0. The lowest BCUT2D eigenvalue weighted by molar-refractivity contribution is 0.322. The molecule has 312 valence electrons. The van der Waals surface area contributed by atoms with Crippen LogP contribution < -0.4 is 33.9 Å². The normalized spacial score (nSPS) is 17.5. The Balaban J connectivity index is 0.000000162. The van der Waals surface area contributed by atoms with Gasteiger partial charge in [-0.3, -0.25) is 9.59 Å². The van der Waals surface area contributed by atoms with Crippen LogP contribution >= 0.6 is 35.0 Å². The summed E-state index contributed by atoms with van der Waals surface area (Å²) in [5.74, 6) is 13.2. The summed E-state index contributed by atoms with van der Waals surface area (Å²) in [6.07, 6.45) is 12.6. The second-order valence-corrected chi connectivity index (χ2v) is 18.2. The van der Waals surface area contributed by atoms with Crippen molar-refractivity contribution in [1.82, 2.24) is 33.6 Å². The number of piperidine rings is 1. The van der Waals surface area contributed by atoms with Crippen molar-refractivity contribution in [2.75, 3.05) is 42.6 Å². The standard InChI is InChI=1S/C20H22ClN5O.C14H11ClN4OS.C6H14N2O2S/c1-12-6-8-14(9-7-12)24-20-23-11-13-10-16(15-4-2-3-5-17(15)21)19(27)26(22)18(13)25-20;1-21-14-17-7-8-6-10(9-4-2-3-5-11(9)15)13(20)19(16)12(8)18-14;1-11(9,10)8-4-2-6(7)3-5-8/h2-5,10-12,14H,6-9,22H2,1H3,(H,23,24,25);2-7H,16H2,1H3;6H,2-5,7H2,1H3. The molecular weight excluding hydrogens is 834 g/mol. The summed E-state index contributed by atoms with van der Waals surface area (Å²) in [4.78, 5) is 42.6. The van der Waals surface area contributed by atoms with Gasteiger partial charge in [0.25, 0.3) is 11.1 Å². The molecule has 8 rings (SSSR count). The molecule has 4 aromatic heterocycles. The van der Waals surface area contributed by atoms with Crippen molar-refractivity contribution in [1.29, 1.82) is 0 Å². The molecular formula is C40H47Cl2N11O4S2. The first-order valence-corrected chi connectivity index (χ1v) is 22.8. The number of nitrogens with zero attached hydrogens (tertiary/aromatic N) is 7. The highest BCUT2D eigenvalue weighted by molar-refractivity contribution is 7.98. The fourth-order valence-corrected chi connectivity index (χ4v) is 8.62. The summed E-state index contributed by atoms with van der Waals surface area (Å²) in [6.45, 7) is 3.45. The third-order valence-corrected chi connectivity index (χ3v) is 12.9. The van der Waals surface area contributed by atoms with Crippen LogP contribution in [-0.2, 0) is 10.0 Å². The molecule has 5 heterocycles. The number of halogens is 2. The number of rotatable bonds is 6. The van der Waals surface area contributed by atoms with Gasteiger partial charge in [0.15, 0.2) is 16.5 Å². The Morgan fingerprint density at radius 1 is 0.746 bits per heavy atom. The fraction of sp³-hybridized carbons (Fsp3) is 0.350. The number of pyridine rings is 2. The van der Waals surface area contributed by atoms with Gasteiger partial charge in [-0.1, -0.05) is 78.3 Å². The molecule has 2 aromatic carbocycles. The van der Waals surface area contributed by atoms with Gasteiger partial charge in [0.05, 0.1) is 17.4 Å². The zero-order chi connectivity index (χ0) is 42.4. The summed E-state index contributed by atoms with van der Waals surface area (Å²) < 4.78 is 25.5. The first-order valence-electron chi connectivity index (χ1n) is 19.0. The van der Waals surface area contributed by atoms with Crippen LogP contribution in [0.4, 0.5) is 5.95 Å². The van der Waals surface area contributed by atoms with Crippen molar-refractivity contribution in [2.45, 2.75) is 62.7 Å². The van der Waals surface area contributed by atoms with E-state index in [1.165, 1.54) is 35.2 Å². The Labute approximate surface area is 356 Å². The van der Waals surface area contributed by atoms with Gasteiger partial charge in [-0.2, -0.15) is 4.98 Å². The fourth-order valence-electron chi connectivity index (χ4n) is 6.93. The van der Waals surface area contributed by atoms with Gasteiger partial charge in [-0.05, 0) is 75.0 Å². The van der Waals surface area contributed by atoms with E-state index in [1.807, 2.05) is 30.5 Å². The van der Waals surface area contributed by atoms with Crippen molar-refractivity contribution >= 4 is 73.0 Å². The quantitative estimate of drug-likeness (QED) is 0.0893. The predicted octanol–water partition coefficient (Wildman–Crippen LogP) is 5.73. The molecule has 0 radical (unpaired) electrons. The average Bonchev–Trinajstić information content (AvgIpc) is 3.22. The Morgan fingerprint density at radius 2 is 1.24 bits per heavy atom. The topological polar surface area (TPSA) is 223 Å². The monoisotopic (exact) mass is 879 g/mol. The highest BCUT2D eigenvalue weighted by Gasteiger charge is 2.23. The van der Waals surface area contributed by atoms with E-state index in [2.05, 4.69) is 32.2 Å². The zero-order valence-electron chi connectivity index (χ0n) is 32.9. The van der Waals surface area contributed by atoms with E-state index in [0.29, 0.717) is 84.6 Å². The molecule has 19 heteroatoms. The summed E-state index contributed by atoms with van der Waals surface area (Å²) in [5.41, 5.74) is 7.87. The van der Waals surface area contributed by atoms with Crippen molar-refractivity contribution in [3.63, 3.8) is 0 Å². The molecule has 15 nitrogen and oxygen atoms in total. The number of nitrogens with two attached hydrogens (primary N) is 3. The second kappa shape index (κ2) is 19.1. The molecule has 7 N–H and O–H groups in total. The van der Waals surface area contributed by atoms with Crippen LogP contribution in [0.5, 0.6) is 0 Å². The lowest BCUT2D eigenvalue weighted by Crippen LogP contribution is -2.42. The lowest BCUT2D eigenvalue weighted by atomic mass is 9.87. The summed E-state index contributed by atoms with van der Waals surface area (Å²) in [7, 11) is -2.97. The molecule has 1 aliphatic carbocycles. The number of benzene rings is 2. The van der Waals surface area contributed by atoms with E-state index < -0.39 is 10.0 Å². The van der Waals surface area contributed by atoms with Crippen LogP contribution in [0.25, 0.3) is 44.3 Å². The molecule has 1 saturated heterocycles. The van der Waals surface area contributed by atoms with Crippen molar-refractivity contribution in [3.05, 3.63) is 104 Å². The number of hydrogen-bond acceptors (Lipinski definition) is 13. The smallest absolute Gasteiger partial charge is 0.278 e. The van der Waals surface area contributed by atoms with Crippen LogP contribution in [0, 0.1) is 5.92 Å². The number of fused-ring (bicyclic) bond motifs is 2. The maximum absolute atomic E-state index is 12.8. The Morgan fingerprint density at radius 3 is 1.73 bits per heavy atom. The molecule has 0 atom stereocenters. The minimum absolute atomic E-state index is 0.188. The van der Waals surface area contributed by atoms with E-state index in [1.54, 1.807) is 48.8 Å². The molecule has 1 aliphatic heterocycles. The SMILES string of the molecule is CC1CCC(Nc2ncc3cc(-c4ccccc4Cl)c(=O)n(N)c3n2)CC1.CS(=O)(=O)N1CCC(N)CC1.CSc1ncc2cc(-c3ccccc3Cl)c(=O)n(N)c2n1.